The van der Waals surface area contributed by atoms with Crippen LogP contribution in [0.2, 0.25) is 0 Å². The molecule has 21 heavy (non-hydrogen) atoms. The Labute approximate surface area is 131 Å². The van der Waals surface area contributed by atoms with Gasteiger partial charge in [-0.3, -0.25) is 4.79 Å². The average Bonchev–Trinajstić information content (AvgIpc) is 2.45. The molecule has 2 rings (SSSR count). The summed E-state index contributed by atoms with van der Waals surface area (Å²) in [5, 5.41) is 12.0. The highest BCUT2D eigenvalue weighted by Crippen LogP contribution is 2.24. The van der Waals surface area contributed by atoms with Crippen molar-refractivity contribution in [2.24, 2.45) is 0 Å². The van der Waals surface area contributed by atoms with Crippen molar-refractivity contribution in [1.29, 1.82) is 0 Å². The lowest BCUT2D eigenvalue weighted by molar-refractivity contribution is -0.111. The number of hydrogen-bond donors (Lipinski definition) is 2. The summed E-state index contributed by atoms with van der Waals surface area (Å²) in [4.78, 5) is 11.8. The zero-order valence-corrected chi connectivity index (χ0v) is 12.9. The minimum Gasteiger partial charge on any atom is -0.508 e. The van der Waals surface area contributed by atoms with Gasteiger partial charge in [-0.2, -0.15) is 0 Å². The summed E-state index contributed by atoms with van der Waals surface area (Å²) in [5.74, 6) is 0.493. The molecule has 5 heteroatoms. The molecule has 0 radical (unpaired) electrons. The van der Waals surface area contributed by atoms with Gasteiger partial charge in [-0.15, -0.1) is 0 Å². The first-order valence-corrected chi connectivity index (χ1v) is 6.99. The maximum Gasteiger partial charge on any atom is 0.248 e. The largest absolute Gasteiger partial charge is 0.508 e. The van der Waals surface area contributed by atoms with Gasteiger partial charge >= 0.3 is 0 Å². The van der Waals surface area contributed by atoms with E-state index in [1.165, 1.54) is 18.2 Å². The van der Waals surface area contributed by atoms with E-state index in [2.05, 4.69) is 21.2 Å². The highest BCUT2D eigenvalue weighted by molar-refractivity contribution is 9.10. The number of carbonyl (C=O) groups is 1. The van der Waals surface area contributed by atoms with Gasteiger partial charge in [0.1, 0.15) is 11.5 Å². The molecule has 0 fully saturated rings. The lowest BCUT2D eigenvalue weighted by Gasteiger charge is -2.05. The number of amides is 1. The molecular weight excluding hydrogens is 334 g/mol. The van der Waals surface area contributed by atoms with E-state index < -0.39 is 0 Å². The number of nitrogens with one attached hydrogen (secondary N) is 1. The second-order valence-electron chi connectivity index (χ2n) is 4.26. The average molecular weight is 348 g/mol. The predicted octanol–water partition coefficient (Wildman–Crippen LogP) is 3.82. The van der Waals surface area contributed by atoms with Crippen LogP contribution in [0.4, 0.5) is 5.69 Å². The third-order valence-corrected chi connectivity index (χ3v) is 3.21. The number of anilines is 1. The number of aromatic hydroxyl groups is 1. The molecule has 2 aromatic rings. The van der Waals surface area contributed by atoms with E-state index in [0.717, 1.165) is 10.0 Å². The van der Waals surface area contributed by atoms with Crippen LogP contribution in [0.15, 0.2) is 53.0 Å². The Morgan fingerprint density at radius 2 is 2.10 bits per heavy atom. The van der Waals surface area contributed by atoms with Crippen molar-refractivity contribution in [2.45, 2.75) is 0 Å². The van der Waals surface area contributed by atoms with Crippen LogP contribution >= 0.6 is 15.9 Å². The van der Waals surface area contributed by atoms with Crippen LogP contribution in [0.5, 0.6) is 11.5 Å². The first kappa shape index (κ1) is 15.1. The van der Waals surface area contributed by atoms with E-state index in [4.69, 9.17) is 4.74 Å². The van der Waals surface area contributed by atoms with Gasteiger partial charge in [0.25, 0.3) is 0 Å². The molecule has 0 unspecified atom stereocenters. The van der Waals surface area contributed by atoms with E-state index in [1.54, 1.807) is 25.3 Å². The van der Waals surface area contributed by atoms with E-state index >= 15 is 0 Å². The van der Waals surface area contributed by atoms with Gasteiger partial charge in [0, 0.05) is 27.9 Å². The number of methoxy groups -OCH3 is 1. The summed E-state index contributed by atoms with van der Waals surface area (Å²) >= 11 is 3.38. The Kier molecular flexibility index (Phi) is 5.00. The van der Waals surface area contributed by atoms with Crippen molar-refractivity contribution in [3.05, 3.63) is 58.6 Å². The third-order valence-electron chi connectivity index (χ3n) is 2.72. The van der Waals surface area contributed by atoms with Crippen LogP contribution in [0.25, 0.3) is 6.08 Å². The van der Waals surface area contributed by atoms with Gasteiger partial charge in [0.2, 0.25) is 5.91 Å². The fraction of sp³-hybridized carbons (Fsp3) is 0.0625. The quantitative estimate of drug-likeness (QED) is 0.826. The highest BCUT2D eigenvalue weighted by Gasteiger charge is 2.02. The number of ether oxygens (including phenoxy) is 1. The number of halogens is 1. The Morgan fingerprint density at radius 1 is 1.29 bits per heavy atom. The lowest BCUT2D eigenvalue weighted by atomic mass is 10.2. The van der Waals surface area contributed by atoms with E-state index in [1.807, 2.05) is 18.2 Å². The Hall–Kier alpha value is -2.27. The van der Waals surface area contributed by atoms with Crippen molar-refractivity contribution in [1.82, 2.24) is 0 Å². The molecule has 2 N–H and O–H groups in total. The number of phenolic OH excluding ortho intramolecular Hbond substituents is 1. The van der Waals surface area contributed by atoms with Crippen LogP contribution in [-0.2, 0) is 4.79 Å². The lowest BCUT2D eigenvalue weighted by Crippen LogP contribution is -2.07. The molecule has 0 aromatic heterocycles. The van der Waals surface area contributed by atoms with Gasteiger partial charge in [0.15, 0.2) is 0 Å². The van der Waals surface area contributed by atoms with Crippen molar-refractivity contribution in [3.63, 3.8) is 0 Å². The minimum absolute atomic E-state index is 0.102. The molecule has 1 amide bonds. The van der Waals surface area contributed by atoms with Crippen LogP contribution in [0.3, 0.4) is 0 Å². The SMILES string of the molecule is COc1ccc(Br)cc1C=CC(=O)Nc1cccc(O)c1. The molecular formula is C16H14BrNO3. The normalized spacial score (nSPS) is 10.6. The summed E-state index contributed by atoms with van der Waals surface area (Å²) in [5.41, 5.74) is 1.32. The molecule has 4 nitrogen and oxygen atoms in total. The monoisotopic (exact) mass is 347 g/mol. The molecule has 0 saturated carbocycles. The molecule has 0 heterocycles. The number of phenols is 1. The Balaban J connectivity index is 2.10. The van der Waals surface area contributed by atoms with Crippen LogP contribution < -0.4 is 10.1 Å². The summed E-state index contributed by atoms with van der Waals surface area (Å²) in [6.45, 7) is 0. The van der Waals surface area contributed by atoms with Gasteiger partial charge < -0.3 is 15.2 Å². The van der Waals surface area contributed by atoms with Crippen molar-refractivity contribution in [2.75, 3.05) is 12.4 Å². The van der Waals surface area contributed by atoms with Crippen molar-refractivity contribution < 1.29 is 14.6 Å². The molecule has 0 bridgehead atoms. The van der Waals surface area contributed by atoms with Crippen LogP contribution in [0, 0.1) is 0 Å². The standard InChI is InChI=1S/C16H14BrNO3/c1-21-15-7-6-12(17)9-11(15)5-8-16(20)18-13-3-2-4-14(19)10-13/h2-10,19H,1H3,(H,18,20). The Morgan fingerprint density at radius 3 is 2.81 bits per heavy atom. The molecule has 0 saturated heterocycles. The van der Waals surface area contributed by atoms with Gasteiger partial charge in [-0.1, -0.05) is 22.0 Å². The molecule has 0 aliphatic carbocycles. The summed E-state index contributed by atoms with van der Waals surface area (Å²) in [6.07, 6.45) is 3.08. The fourth-order valence-corrected chi connectivity index (χ4v) is 2.15. The van der Waals surface area contributed by atoms with Gasteiger partial charge in [-0.05, 0) is 36.4 Å². The van der Waals surface area contributed by atoms with Crippen LogP contribution in [0.1, 0.15) is 5.56 Å². The highest BCUT2D eigenvalue weighted by atomic mass is 79.9. The summed E-state index contributed by atoms with van der Waals surface area (Å²) in [7, 11) is 1.58. The maximum absolute atomic E-state index is 11.8. The van der Waals surface area contributed by atoms with E-state index in [0.29, 0.717) is 11.4 Å². The second-order valence-corrected chi connectivity index (χ2v) is 5.17. The minimum atomic E-state index is -0.289. The molecule has 0 aliphatic rings. The zero-order valence-electron chi connectivity index (χ0n) is 11.3. The maximum atomic E-state index is 11.8. The number of carbonyl (C=O) groups excluding carboxylic acids is 1. The molecule has 0 spiro atoms. The van der Waals surface area contributed by atoms with Crippen molar-refractivity contribution in [3.8, 4) is 11.5 Å². The van der Waals surface area contributed by atoms with Gasteiger partial charge in [0.05, 0.1) is 7.11 Å². The Bertz CT molecular complexity index is 683. The van der Waals surface area contributed by atoms with Gasteiger partial charge in [-0.25, -0.2) is 0 Å². The number of hydrogen-bond acceptors (Lipinski definition) is 3. The molecule has 108 valence electrons. The van der Waals surface area contributed by atoms with E-state index in [9.17, 15) is 9.90 Å². The number of benzene rings is 2. The second kappa shape index (κ2) is 6.95. The molecule has 0 aliphatic heterocycles. The summed E-state index contributed by atoms with van der Waals surface area (Å²) < 4.78 is 6.13. The van der Waals surface area contributed by atoms with E-state index in [-0.39, 0.29) is 11.7 Å². The van der Waals surface area contributed by atoms with Crippen molar-refractivity contribution >= 4 is 33.6 Å². The molecule has 2 aromatic carbocycles. The first-order valence-electron chi connectivity index (χ1n) is 6.20. The smallest absolute Gasteiger partial charge is 0.248 e. The first-order chi connectivity index (χ1) is 10.1. The predicted molar refractivity (Wildman–Crippen MR) is 86.5 cm³/mol. The third kappa shape index (κ3) is 4.36. The number of rotatable bonds is 4. The molecule has 0 atom stereocenters. The van der Waals surface area contributed by atoms with Crippen LogP contribution in [-0.4, -0.2) is 18.1 Å². The zero-order chi connectivity index (χ0) is 15.2. The fourth-order valence-electron chi connectivity index (χ4n) is 1.77. The topological polar surface area (TPSA) is 58.6 Å². The summed E-state index contributed by atoms with van der Waals surface area (Å²) in [6, 6.07) is 11.9.